The summed E-state index contributed by atoms with van der Waals surface area (Å²) in [6.45, 7) is 4.73. The normalized spacial score (nSPS) is 13.1. The highest BCUT2D eigenvalue weighted by Crippen LogP contribution is 2.55. The molecular weight excluding hydrogens is 655 g/mol. The Morgan fingerprint density at radius 3 is 1.70 bits per heavy atom. The van der Waals surface area contributed by atoms with Gasteiger partial charge < -0.3 is 14.0 Å². The summed E-state index contributed by atoms with van der Waals surface area (Å²) in [6, 6.07) is 68.9. The highest BCUT2D eigenvalue weighted by molar-refractivity contribution is 6.18. The van der Waals surface area contributed by atoms with E-state index in [4.69, 9.17) is 0 Å². The second-order valence-electron chi connectivity index (χ2n) is 15.0. The third kappa shape index (κ3) is 4.30. The van der Waals surface area contributed by atoms with Crippen molar-refractivity contribution in [3.8, 4) is 22.5 Å². The van der Waals surface area contributed by atoms with E-state index in [-0.39, 0.29) is 5.41 Å². The average Bonchev–Trinajstić information content (AvgIpc) is 3.82. The molecule has 0 saturated carbocycles. The minimum Gasteiger partial charge on any atom is -0.309 e. The molecule has 0 saturated heterocycles. The van der Waals surface area contributed by atoms with Crippen LogP contribution < -0.4 is 4.90 Å². The van der Waals surface area contributed by atoms with Crippen molar-refractivity contribution in [2.45, 2.75) is 19.3 Å². The second kappa shape index (κ2) is 11.6. The van der Waals surface area contributed by atoms with Crippen LogP contribution in [0.2, 0.25) is 0 Å². The summed E-state index contributed by atoms with van der Waals surface area (Å²) in [7, 11) is 0. The zero-order valence-corrected chi connectivity index (χ0v) is 30.2. The van der Waals surface area contributed by atoms with Crippen molar-refractivity contribution in [3.63, 3.8) is 0 Å². The van der Waals surface area contributed by atoms with E-state index in [1.54, 1.807) is 0 Å². The summed E-state index contributed by atoms with van der Waals surface area (Å²) in [5.74, 6) is 0. The maximum atomic E-state index is 2.54. The standard InChI is InChI=1S/C51H37N3/c1-51(2)41-24-12-9-22-38(41)49-42(51)25-15-28-46(49)54(36-31-32-45-40(33-36)37-21-10-13-26-43(37)52(45)34-17-5-3-6-18-34)48-30-16-29-47-50(48)39-23-11-14-27-44(39)53(47)35-19-7-4-8-20-35/h3-33H,1-2H3. The summed E-state index contributed by atoms with van der Waals surface area (Å²) in [4.78, 5) is 2.54. The highest BCUT2D eigenvalue weighted by Gasteiger charge is 2.38. The van der Waals surface area contributed by atoms with Crippen LogP contribution in [0.4, 0.5) is 17.1 Å². The van der Waals surface area contributed by atoms with Crippen molar-refractivity contribution < 1.29 is 0 Å². The lowest BCUT2D eigenvalue weighted by atomic mass is 9.82. The van der Waals surface area contributed by atoms with E-state index in [0.717, 1.165) is 22.7 Å². The third-order valence-corrected chi connectivity index (χ3v) is 11.7. The van der Waals surface area contributed by atoms with Crippen molar-refractivity contribution >= 4 is 60.7 Å². The van der Waals surface area contributed by atoms with Crippen LogP contribution in [0.15, 0.2) is 188 Å². The van der Waals surface area contributed by atoms with Gasteiger partial charge in [-0.3, -0.25) is 0 Å². The number of hydrogen-bond acceptors (Lipinski definition) is 1. The van der Waals surface area contributed by atoms with E-state index in [1.165, 1.54) is 71.6 Å². The summed E-state index contributed by atoms with van der Waals surface area (Å²) in [6.07, 6.45) is 0. The molecule has 256 valence electrons. The predicted octanol–water partition coefficient (Wildman–Crippen LogP) is 13.7. The molecule has 10 aromatic rings. The van der Waals surface area contributed by atoms with Gasteiger partial charge in [0, 0.05) is 49.6 Å². The molecule has 1 aliphatic rings. The van der Waals surface area contributed by atoms with Gasteiger partial charge in [-0.1, -0.05) is 129 Å². The molecule has 2 aromatic heterocycles. The van der Waals surface area contributed by atoms with Crippen LogP contribution in [-0.2, 0) is 5.41 Å². The number of aromatic nitrogens is 2. The molecule has 0 N–H and O–H groups in total. The highest BCUT2D eigenvalue weighted by atomic mass is 15.2. The molecular formula is C51H37N3. The lowest BCUT2D eigenvalue weighted by molar-refractivity contribution is 0.660. The van der Waals surface area contributed by atoms with Crippen LogP contribution >= 0.6 is 0 Å². The average molecular weight is 692 g/mol. The minimum atomic E-state index is -0.129. The summed E-state index contributed by atoms with van der Waals surface area (Å²) >= 11 is 0. The predicted molar refractivity (Wildman–Crippen MR) is 227 cm³/mol. The molecule has 1 aliphatic carbocycles. The van der Waals surface area contributed by atoms with E-state index in [9.17, 15) is 0 Å². The number of rotatable bonds is 5. The van der Waals surface area contributed by atoms with Gasteiger partial charge in [-0.05, 0) is 89.5 Å². The van der Waals surface area contributed by atoms with Crippen LogP contribution in [-0.4, -0.2) is 9.13 Å². The second-order valence-corrected chi connectivity index (χ2v) is 15.0. The van der Waals surface area contributed by atoms with Gasteiger partial charge in [-0.15, -0.1) is 0 Å². The Morgan fingerprint density at radius 2 is 0.944 bits per heavy atom. The number of fused-ring (bicyclic) bond motifs is 9. The van der Waals surface area contributed by atoms with Crippen molar-refractivity contribution in [1.29, 1.82) is 0 Å². The lowest BCUT2D eigenvalue weighted by Gasteiger charge is -2.29. The van der Waals surface area contributed by atoms with Crippen LogP contribution in [0.1, 0.15) is 25.0 Å². The molecule has 2 heterocycles. The van der Waals surface area contributed by atoms with Gasteiger partial charge in [0.2, 0.25) is 0 Å². The van der Waals surface area contributed by atoms with Crippen molar-refractivity contribution in [2.75, 3.05) is 4.90 Å². The van der Waals surface area contributed by atoms with Gasteiger partial charge in [0.05, 0.1) is 33.4 Å². The molecule has 0 fully saturated rings. The van der Waals surface area contributed by atoms with Crippen LogP contribution in [0.25, 0.3) is 66.1 Å². The fourth-order valence-electron chi connectivity index (χ4n) is 9.33. The quantitative estimate of drug-likeness (QED) is 0.175. The molecule has 11 rings (SSSR count). The van der Waals surface area contributed by atoms with Gasteiger partial charge in [0.25, 0.3) is 0 Å². The fraction of sp³-hybridized carbons (Fsp3) is 0.0588. The molecule has 0 spiro atoms. The first-order chi connectivity index (χ1) is 26.6. The first kappa shape index (κ1) is 30.8. The van der Waals surface area contributed by atoms with Crippen LogP contribution in [0.5, 0.6) is 0 Å². The molecule has 3 nitrogen and oxygen atoms in total. The summed E-state index contributed by atoms with van der Waals surface area (Å²) in [5.41, 5.74) is 15.7. The Morgan fingerprint density at radius 1 is 0.407 bits per heavy atom. The molecule has 8 aromatic carbocycles. The maximum Gasteiger partial charge on any atom is 0.0562 e. The van der Waals surface area contributed by atoms with Crippen LogP contribution in [0.3, 0.4) is 0 Å². The largest absolute Gasteiger partial charge is 0.309 e. The van der Waals surface area contributed by atoms with Crippen molar-refractivity contribution in [2.24, 2.45) is 0 Å². The Labute approximate surface area is 314 Å². The van der Waals surface area contributed by atoms with Gasteiger partial charge in [0.1, 0.15) is 0 Å². The van der Waals surface area contributed by atoms with E-state index in [1.807, 2.05) is 0 Å². The molecule has 0 aliphatic heterocycles. The zero-order valence-electron chi connectivity index (χ0n) is 30.2. The molecule has 0 radical (unpaired) electrons. The molecule has 0 atom stereocenters. The van der Waals surface area contributed by atoms with Crippen molar-refractivity contribution in [3.05, 3.63) is 199 Å². The summed E-state index contributed by atoms with van der Waals surface area (Å²) in [5, 5.41) is 4.92. The van der Waals surface area contributed by atoms with Gasteiger partial charge in [-0.2, -0.15) is 0 Å². The smallest absolute Gasteiger partial charge is 0.0562 e. The van der Waals surface area contributed by atoms with Crippen molar-refractivity contribution in [1.82, 2.24) is 9.13 Å². The lowest BCUT2D eigenvalue weighted by Crippen LogP contribution is -2.16. The number of benzene rings is 8. The summed E-state index contributed by atoms with van der Waals surface area (Å²) < 4.78 is 4.81. The number of anilines is 3. The first-order valence-electron chi connectivity index (χ1n) is 18.8. The Bertz CT molecular complexity index is 3070. The zero-order chi connectivity index (χ0) is 36.0. The monoisotopic (exact) mass is 691 g/mol. The Hall–Kier alpha value is -6.84. The minimum absolute atomic E-state index is 0.129. The Balaban J connectivity index is 1.26. The third-order valence-electron chi connectivity index (χ3n) is 11.7. The van der Waals surface area contributed by atoms with E-state index >= 15 is 0 Å². The topological polar surface area (TPSA) is 13.1 Å². The number of para-hydroxylation sites is 4. The van der Waals surface area contributed by atoms with E-state index in [0.29, 0.717) is 0 Å². The molecule has 54 heavy (non-hydrogen) atoms. The maximum absolute atomic E-state index is 2.54. The van der Waals surface area contributed by atoms with Gasteiger partial charge in [-0.25, -0.2) is 0 Å². The molecule has 0 unspecified atom stereocenters. The van der Waals surface area contributed by atoms with Gasteiger partial charge >= 0.3 is 0 Å². The Kier molecular flexibility index (Phi) is 6.60. The van der Waals surface area contributed by atoms with E-state index in [2.05, 4.69) is 216 Å². The molecule has 3 heteroatoms. The fourth-order valence-corrected chi connectivity index (χ4v) is 9.33. The number of hydrogen-bond donors (Lipinski definition) is 0. The van der Waals surface area contributed by atoms with E-state index < -0.39 is 0 Å². The first-order valence-corrected chi connectivity index (χ1v) is 18.8. The molecule has 0 amide bonds. The SMILES string of the molecule is CC1(C)c2ccccc2-c2c(N(c3ccc4c(c3)c3ccccc3n4-c3ccccc3)c3cccc4c3c3ccccc3n4-c3ccccc3)cccc21. The van der Waals surface area contributed by atoms with Gasteiger partial charge in [0.15, 0.2) is 0 Å². The van der Waals surface area contributed by atoms with Crippen LogP contribution in [0, 0.1) is 0 Å². The molecule has 0 bridgehead atoms. The number of nitrogens with zero attached hydrogens (tertiary/aromatic N) is 3.